The predicted molar refractivity (Wildman–Crippen MR) is 121 cm³/mol. The minimum atomic E-state index is -4.50. The van der Waals surface area contributed by atoms with Crippen LogP contribution in [0.3, 0.4) is 0 Å². The first kappa shape index (κ1) is 22.8. The Labute approximate surface area is 188 Å². The Bertz CT molecular complexity index is 1140. The third kappa shape index (κ3) is 5.01. The molecule has 1 atom stereocenters. The summed E-state index contributed by atoms with van der Waals surface area (Å²) < 4.78 is 53.3. The lowest BCUT2D eigenvalue weighted by atomic mass is 10.0. The van der Waals surface area contributed by atoms with E-state index in [4.69, 9.17) is 5.73 Å². The molecule has 7 nitrogen and oxygen atoms in total. The quantitative estimate of drug-likeness (QED) is 0.371. The average molecular weight is 463 g/mol. The summed E-state index contributed by atoms with van der Waals surface area (Å²) >= 11 is 0. The SMILES string of the molecule is CNc1nc(N[C@H](C)c2cc(N)cc(C(F)(F)F)c2)c2cc(N3CCC(F)CC3)ncc2n1. The van der Waals surface area contributed by atoms with Gasteiger partial charge in [0.05, 0.1) is 23.3 Å². The van der Waals surface area contributed by atoms with Crippen molar-refractivity contribution in [3.8, 4) is 0 Å². The number of hydrogen-bond acceptors (Lipinski definition) is 7. The molecule has 1 aliphatic rings. The maximum Gasteiger partial charge on any atom is 0.416 e. The molecule has 33 heavy (non-hydrogen) atoms. The van der Waals surface area contributed by atoms with Gasteiger partial charge in [-0.3, -0.25) is 0 Å². The molecule has 3 heterocycles. The van der Waals surface area contributed by atoms with E-state index in [9.17, 15) is 17.6 Å². The van der Waals surface area contributed by atoms with E-state index in [1.165, 1.54) is 6.07 Å². The third-order valence-electron chi connectivity index (χ3n) is 5.70. The lowest BCUT2D eigenvalue weighted by molar-refractivity contribution is -0.137. The second-order valence-corrected chi connectivity index (χ2v) is 8.12. The van der Waals surface area contributed by atoms with Crippen LogP contribution in [0.5, 0.6) is 0 Å². The van der Waals surface area contributed by atoms with Gasteiger partial charge in [0.15, 0.2) is 0 Å². The summed E-state index contributed by atoms with van der Waals surface area (Å²) in [5.74, 6) is 1.46. The molecule has 1 aliphatic heterocycles. The number of nitrogens with two attached hydrogens (primary N) is 1. The first-order valence-electron chi connectivity index (χ1n) is 10.6. The Morgan fingerprint density at radius 1 is 1.12 bits per heavy atom. The number of alkyl halides is 4. The number of nitrogen functional groups attached to an aromatic ring is 1. The van der Waals surface area contributed by atoms with Gasteiger partial charge in [-0.2, -0.15) is 18.2 Å². The molecule has 0 saturated carbocycles. The Morgan fingerprint density at radius 2 is 1.85 bits per heavy atom. The van der Waals surface area contributed by atoms with Gasteiger partial charge >= 0.3 is 6.18 Å². The van der Waals surface area contributed by atoms with E-state index in [-0.39, 0.29) is 5.69 Å². The van der Waals surface area contributed by atoms with E-state index in [0.717, 1.165) is 12.1 Å². The summed E-state index contributed by atoms with van der Waals surface area (Å²) in [5.41, 5.74) is 5.89. The van der Waals surface area contributed by atoms with E-state index in [2.05, 4.69) is 25.6 Å². The number of nitrogens with one attached hydrogen (secondary N) is 2. The summed E-state index contributed by atoms with van der Waals surface area (Å²) in [6.07, 6.45) is -2.81. The molecule has 1 aromatic carbocycles. The summed E-state index contributed by atoms with van der Waals surface area (Å²) in [5, 5.41) is 6.74. The van der Waals surface area contributed by atoms with Gasteiger partial charge in [0.1, 0.15) is 17.8 Å². The Balaban J connectivity index is 1.70. The van der Waals surface area contributed by atoms with Crippen molar-refractivity contribution in [2.45, 2.75) is 38.2 Å². The zero-order valence-electron chi connectivity index (χ0n) is 18.2. The lowest BCUT2D eigenvalue weighted by Crippen LogP contribution is -2.34. The average Bonchev–Trinajstić information content (AvgIpc) is 2.78. The number of fused-ring (bicyclic) bond motifs is 1. The molecule has 0 unspecified atom stereocenters. The van der Waals surface area contributed by atoms with Gasteiger partial charge in [-0.15, -0.1) is 0 Å². The molecule has 11 heteroatoms. The molecule has 0 amide bonds. The maximum atomic E-state index is 13.5. The van der Waals surface area contributed by atoms with Crippen LogP contribution in [0.25, 0.3) is 10.9 Å². The molecule has 0 bridgehead atoms. The number of hydrogen-bond donors (Lipinski definition) is 3. The van der Waals surface area contributed by atoms with E-state index in [0.29, 0.717) is 60.0 Å². The van der Waals surface area contributed by atoms with Gasteiger partial charge in [0.2, 0.25) is 5.95 Å². The Morgan fingerprint density at radius 3 is 2.52 bits per heavy atom. The van der Waals surface area contributed by atoms with Crippen LogP contribution in [-0.2, 0) is 6.18 Å². The van der Waals surface area contributed by atoms with Crippen LogP contribution >= 0.6 is 0 Å². The number of nitrogens with zero attached hydrogens (tertiary/aromatic N) is 4. The molecule has 4 N–H and O–H groups in total. The number of aromatic nitrogens is 3. The first-order valence-corrected chi connectivity index (χ1v) is 10.6. The van der Waals surface area contributed by atoms with Crippen LogP contribution in [0.4, 0.5) is 40.8 Å². The molecule has 0 radical (unpaired) electrons. The van der Waals surface area contributed by atoms with Gasteiger partial charge < -0.3 is 21.3 Å². The third-order valence-corrected chi connectivity index (χ3v) is 5.70. The van der Waals surface area contributed by atoms with Crippen molar-refractivity contribution in [2.75, 3.05) is 41.4 Å². The van der Waals surface area contributed by atoms with Gasteiger partial charge in [-0.05, 0) is 49.6 Å². The summed E-state index contributed by atoms with van der Waals surface area (Å²) in [6.45, 7) is 2.84. The smallest absolute Gasteiger partial charge is 0.399 e. The van der Waals surface area contributed by atoms with Crippen LogP contribution in [0.2, 0.25) is 0 Å². The van der Waals surface area contributed by atoms with Crippen molar-refractivity contribution in [2.24, 2.45) is 0 Å². The van der Waals surface area contributed by atoms with E-state index >= 15 is 0 Å². The Kier molecular flexibility index (Phi) is 6.13. The van der Waals surface area contributed by atoms with Crippen molar-refractivity contribution in [1.82, 2.24) is 15.0 Å². The number of rotatable bonds is 5. The second-order valence-electron chi connectivity index (χ2n) is 8.12. The molecule has 1 fully saturated rings. The Hall–Kier alpha value is -3.37. The number of anilines is 4. The zero-order valence-corrected chi connectivity index (χ0v) is 18.2. The molecule has 2 aromatic heterocycles. The minimum absolute atomic E-state index is 0.0275. The van der Waals surface area contributed by atoms with Gasteiger partial charge in [-0.25, -0.2) is 14.4 Å². The first-order chi connectivity index (χ1) is 15.6. The monoisotopic (exact) mass is 463 g/mol. The lowest BCUT2D eigenvalue weighted by Gasteiger charge is -2.29. The highest BCUT2D eigenvalue weighted by atomic mass is 19.4. The normalized spacial score (nSPS) is 16.1. The summed E-state index contributed by atoms with van der Waals surface area (Å²) in [4.78, 5) is 15.4. The fourth-order valence-electron chi connectivity index (χ4n) is 3.87. The largest absolute Gasteiger partial charge is 0.416 e. The fraction of sp³-hybridized carbons (Fsp3) is 0.409. The van der Waals surface area contributed by atoms with E-state index < -0.39 is 24.0 Å². The van der Waals surface area contributed by atoms with Crippen molar-refractivity contribution < 1.29 is 17.6 Å². The standard InChI is InChI=1S/C22H25F4N7/c1-12(13-7-14(22(24,25)26)9-16(27)8-13)30-20-17-10-19(33-5-3-15(23)4-6-33)29-11-18(17)31-21(28-2)32-20/h7-12,15H,3-6,27H2,1-2H3,(H2,28,30,31,32)/t12-/m1/s1. The highest BCUT2D eigenvalue weighted by molar-refractivity contribution is 5.91. The molecule has 3 aromatic rings. The van der Waals surface area contributed by atoms with Crippen LogP contribution < -0.4 is 21.3 Å². The molecule has 1 saturated heterocycles. The maximum absolute atomic E-state index is 13.5. The number of benzene rings is 1. The van der Waals surface area contributed by atoms with Gasteiger partial charge in [0.25, 0.3) is 0 Å². The molecular weight excluding hydrogens is 438 g/mol. The molecule has 0 aliphatic carbocycles. The zero-order chi connectivity index (χ0) is 23.8. The summed E-state index contributed by atoms with van der Waals surface area (Å²) in [7, 11) is 1.67. The van der Waals surface area contributed by atoms with Crippen LogP contribution in [0.1, 0.15) is 36.9 Å². The second kappa shape index (κ2) is 8.87. The molecule has 0 spiro atoms. The highest BCUT2D eigenvalue weighted by Gasteiger charge is 2.31. The number of piperidine rings is 1. The van der Waals surface area contributed by atoms with Crippen molar-refractivity contribution in [3.63, 3.8) is 0 Å². The van der Waals surface area contributed by atoms with Crippen molar-refractivity contribution in [3.05, 3.63) is 41.6 Å². The van der Waals surface area contributed by atoms with Gasteiger partial charge in [-0.1, -0.05) is 0 Å². The van der Waals surface area contributed by atoms with Crippen molar-refractivity contribution >= 4 is 34.2 Å². The van der Waals surface area contributed by atoms with E-state index in [1.807, 2.05) is 11.0 Å². The minimum Gasteiger partial charge on any atom is -0.399 e. The van der Waals surface area contributed by atoms with Crippen LogP contribution in [0, 0.1) is 0 Å². The van der Waals surface area contributed by atoms with Crippen molar-refractivity contribution in [1.29, 1.82) is 0 Å². The predicted octanol–water partition coefficient (Wildman–Crippen LogP) is 4.78. The summed E-state index contributed by atoms with van der Waals surface area (Å²) in [6, 6.07) is 4.78. The van der Waals surface area contributed by atoms with Gasteiger partial charge in [0, 0.05) is 31.2 Å². The van der Waals surface area contributed by atoms with E-state index in [1.54, 1.807) is 20.2 Å². The van der Waals surface area contributed by atoms with Crippen LogP contribution in [-0.4, -0.2) is 41.3 Å². The molecule has 176 valence electrons. The fourth-order valence-corrected chi connectivity index (χ4v) is 3.87. The molecular formula is C22H25F4N7. The topological polar surface area (TPSA) is 92.0 Å². The highest BCUT2D eigenvalue weighted by Crippen LogP contribution is 2.34. The number of pyridine rings is 1. The number of halogens is 4. The van der Waals surface area contributed by atoms with Crippen LogP contribution in [0.15, 0.2) is 30.5 Å². The molecule has 4 rings (SSSR count).